The highest BCUT2D eigenvalue weighted by Crippen LogP contribution is 2.72. The number of carbonyl (C=O) groups is 2. The summed E-state index contributed by atoms with van der Waals surface area (Å²) in [5.74, 6) is 2.07. The third-order valence-electron chi connectivity index (χ3n) is 8.23. The predicted octanol–water partition coefficient (Wildman–Crippen LogP) is 3.77. The average Bonchev–Trinajstić information content (AvgIpc) is 3.07. The fourth-order valence-electron chi connectivity index (χ4n) is 7.06. The van der Waals surface area contributed by atoms with Crippen LogP contribution in [-0.2, 0) is 14.3 Å². The molecule has 0 aromatic rings. The van der Waals surface area contributed by atoms with Crippen LogP contribution in [0.5, 0.6) is 0 Å². The molecule has 0 aromatic heterocycles. The first kappa shape index (κ1) is 15.1. The van der Waals surface area contributed by atoms with Crippen LogP contribution in [0.25, 0.3) is 0 Å². The number of carbonyl (C=O) groups excluding carboxylic acids is 2. The molecule has 3 fully saturated rings. The van der Waals surface area contributed by atoms with E-state index in [1.165, 1.54) is 11.1 Å². The average molecular weight is 326 g/mol. The summed E-state index contributed by atoms with van der Waals surface area (Å²) in [6, 6.07) is 0. The zero-order chi connectivity index (χ0) is 16.9. The number of fused-ring (bicyclic) bond motifs is 4. The molecule has 3 nitrogen and oxygen atoms in total. The monoisotopic (exact) mass is 326 g/mol. The normalized spacial score (nSPS) is 51.6. The van der Waals surface area contributed by atoms with Crippen LogP contribution < -0.4 is 0 Å². The quantitative estimate of drug-likeness (QED) is 0.689. The van der Waals surface area contributed by atoms with Crippen LogP contribution in [0.4, 0.5) is 0 Å². The van der Waals surface area contributed by atoms with Crippen LogP contribution in [0.2, 0.25) is 0 Å². The first-order valence-corrected chi connectivity index (χ1v) is 9.49. The van der Waals surface area contributed by atoms with Crippen molar-refractivity contribution in [1.82, 2.24) is 0 Å². The van der Waals surface area contributed by atoms with Gasteiger partial charge in [0, 0.05) is 6.42 Å². The van der Waals surface area contributed by atoms with Crippen LogP contribution in [0.1, 0.15) is 59.3 Å². The van der Waals surface area contributed by atoms with Crippen LogP contribution in [-0.4, -0.2) is 22.8 Å². The zero-order valence-electron chi connectivity index (χ0n) is 14.9. The van der Waals surface area contributed by atoms with Crippen molar-refractivity contribution in [2.45, 2.75) is 70.5 Å². The van der Waals surface area contributed by atoms with Gasteiger partial charge in [-0.2, -0.15) is 0 Å². The van der Waals surface area contributed by atoms with Crippen molar-refractivity contribution in [3.63, 3.8) is 0 Å². The third kappa shape index (κ3) is 1.49. The molecule has 0 bridgehead atoms. The second kappa shape index (κ2) is 4.30. The molecule has 2 saturated carbocycles. The van der Waals surface area contributed by atoms with Gasteiger partial charge in [0.1, 0.15) is 5.60 Å². The van der Waals surface area contributed by atoms with Crippen LogP contribution >= 0.6 is 0 Å². The zero-order valence-corrected chi connectivity index (χ0v) is 14.9. The minimum absolute atomic E-state index is 0.120. The van der Waals surface area contributed by atoms with Gasteiger partial charge in [-0.25, -0.2) is 0 Å². The van der Waals surface area contributed by atoms with Gasteiger partial charge in [0.15, 0.2) is 17.2 Å². The van der Waals surface area contributed by atoms with Crippen molar-refractivity contribution in [3.05, 3.63) is 23.3 Å². The van der Waals surface area contributed by atoms with Gasteiger partial charge in [-0.1, -0.05) is 18.6 Å². The highest BCUT2D eigenvalue weighted by molar-refractivity contribution is 5.93. The molecule has 24 heavy (non-hydrogen) atoms. The van der Waals surface area contributed by atoms with E-state index in [0.717, 1.165) is 32.1 Å². The Hall–Kier alpha value is -1.22. The molecule has 5 aliphatic rings. The Kier molecular flexibility index (Phi) is 2.70. The molecule has 0 N–H and O–H groups in total. The van der Waals surface area contributed by atoms with Gasteiger partial charge in [-0.05, 0) is 80.8 Å². The first-order chi connectivity index (χ1) is 11.3. The largest absolute Gasteiger partial charge is 0.354 e. The standard InChI is InChI=1S/C21H26O3/c1-12-10-15-16(19(3)7-4-14(23)11-18(12)19)5-9-21-17(15)6-8-20(21,24-21)13(2)22/h10-11,15-17H,4-9H2,1-3H3/t15-,16+,17+,19-,20+,21-/m1/s1. The maximum Gasteiger partial charge on any atom is 0.164 e. The van der Waals surface area contributed by atoms with Gasteiger partial charge >= 0.3 is 0 Å². The van der Waals surface area contributed by atoms with E-state index >= 15 is 0 Å². The molecule has 0 unspecified atom stereocenters. The van der Waals surface area contributed by atoms with Crippen LogP contribution in [0.15, 0.2) is 23.3 Å². The Balaban J connectivity index is 1.59. The van der Waals surface area contributed by atoms with Crippen molar-refractivity contribution < 1.29 is 14.3 Å². The molecular formula is C21H26O3. The molecule has 5 rings (SSSR count). The fraction of sp³-hybridized carbons (Fsp3) is 0.714. The van der Waals surface area contributed by atoms with Crippen LogP contribution in [0.3, 0.4) is 0 Å². The number of epoxide rings is 1. The molecule has 128 valence electrons. The van der Waals surface area contributed by atoms with Gasteiger partial charge < -0.3 is 4.74 Å². The van der Waals surface area contributed by atoms with Crippen molar-refractivity contribution in [2.75, 3.05) is 0 Å². The molecule has 0 aromatic carbocycles. The lowest BCUT2D eigenvalue weighted by Gasteiger charge is -2.53. The maximum absolute atomic E-state index is 12.2. The molecule has 1 spiro atoms. The highest BCUT2D eigenvalue weighted by Gasteiger charge is 2.81. The van der Waals surface area contributed by atoms with E-state index in [1.54, 1.807) is 6.92 Å². The summed E-state index contributed by atoms with van der Waals surface area (Å²) >= 11 is 0. The number of allylic oxidation sites excluding steroid dienone is 4. The van der Waals surface area contributed by atoms with Crippen molar-refractivity contribution in [3.8, 4) is 0 Å². The van der Waals surface area contributed by atoms with Gasteiger partial charge in [0.25, 0.3) is 0 Å². The number of rotatable bonds is 1. The summed E-state index contributed by atoms with van der Waals surface area (Å²) < 4.78 is 6.22. The van der Waals surface area contributed by atoms with E-state index in [-0.39, 0.29) is 22.6 Å². The molecule has 0 amide bonds. The summed E-state index contributed by atoms with van der Waals surface area (Å²) in [7, 11) is 0. The minimum atomic E-state index is -0.454. The fourth-order valence-corrected chi connectivity index (χ4v) is 7.06. The van der Waals surface area contributed by atoms with E-state index in [9.17, 15) is 9.59 Å². The SMILES string of the molecule is CC(=O)[C@@]12CC[C@H]3[C@@H]4C=C(C)C5=CC(=O)CC[C@]5(C)[C@H]4CC[C@@]31O2. The lowest BCUT2D eigenvalue weighted by atomic mass is 9.50. The Bertz CT molecular complexity index is 731. The smallest absolute Gasteiger partial charge is 0.164 e. The lowest BCUT2D eigenvalue weighted by Crippen LogP contribution is -2.49. The van der Waals surface area contributed by atoms with E-state index in [1.807, 2.05) is 6.08 Å². The lowest BCUT2D eigenvalue weighted by molar-refractivity contribution is -0.122. The van der Waals surface area contributed by atoms with Gasteiger partial charge in [0.05, 0.1) is 0 Å². The second-order valence-corrected chi connectivity index (χ2v) is 9.03. The second-order valence-electron chi connectivity index (χ2n) is 9.03. The van der Waals surface area contributed by atoms with Crippen molar-refractivity contribution in [1.29, 1.82) is 0 Å². The summed E-state index contributed by atoms with van der Waals surface area (Å²) in [5.41, 5.74) is 2.06. The molecular weight excluding hydrogens is 300 g/mol. The third-order valence-corrected chi connectivity index (χ3v) is 8.23. The van der Waals surface area contributed by atoms with Gasteiger partial charge in [-0.15, -0.1) is 0 Å². The maximum atomic E-state index is 12.2. The van der Waals surface area contributed by atoms with Gasteiger partial charge in [0.2, 0.25) is 0 Å². The number of hydrogen-bond donors (Lipinski definition) is 0. The summed E-state index contributed by atoms with van der Waals surface area (Å²) in [6.07, 6.45) is 10.1. The molecule has 1 heterocycles. The Morgan fingerprint density at radius 3 is 2.67 bits per heavy atom. The number of hydrogen-bond acceptors (Lipinski definition) is 3. The molecule has 3 heteroatoms. The first-order valence-electron chi connectivity index (χ1n) is 9.49. The van der Waals surface area contributed by atoms with Gasteiger partial charge in [-0.3, -0.25) is 9.59 Å². The molecule has 1 aliphatic heterocycles. The summed E-state index contributed by atoms with van der Waals surface area (Å²) in [6.45, 7) is 6.25. The Labute approximate surface area is 143 Å². The Morgan fingerprint density at radius 1 is 1.21 bits per heavy atom. The predicted molar refractivity (Wildman–Crippen MR) is 90.4 cm³/mol. The summed E-state index contributed by atoms with van der Waals surface area (Å²) in [4.78, 5) is 24.2. The van der Waals surface area contributed by atoms with Crippen molar-refractivity contribution >= 4 is 11.6 Å². The van der Waals surface area contributed by atoms with E-state index in [0.29, 0.717) is 24.2 Å². The molecule has 4 aliphatic carbocycles. The molecule has 6 atom stereocenters. The van der Waals surface area contributed by atoms with E-state index in [2.05, 4.69) is 19.9 Å². The topological polar surface area (TPSA) is 46.7 Å². The summed E-state index contributed by atoms with van der Waals surface area (Å²) in [5, 5.41) is 0. The molecule has 0 radical (unpaired) electrons. The van der Waals surface area contributed by atoms with E-state index < -0.39 is 5.60 Å². The number of ether oxygens (including phenoxy) is 1. The van der Waals surface area contributed by atoms with E-state index in [4.69, 9.17) is 4.74 Å². The van der Waals surface area contributed by atoms with Crippen LogP contribution in [0, 0.1) is 23.2 Å². The Morgan fingerprint density at radius 2 is 1.96 bits per heavy atom. The number of ketones is 2. The minimum Gasteiger partial charge on any atom is -0.354 e. The number of Topliss-reactive ketones (excluding diaryl/α,β-unsaturated/α-hetero) is 1. The molecule has 1 saturated heterocycles. The van der Waals surface area contributed by atoms with Crippen molar-refractivity contribution in [2.24, 2.45) is 23.2 Å². The highest BCUT2D eigenvalue weighted by atomic mass is 16.6.